The third-order valence-electron chi connectivity index (χ3n) is 2.68. The van der Waals surface area contributed by atoms with E-state index in [1.807, 2.05) is 32.0 Å². The molecule has 110 valence electrons. The number of nitrogens with one attached hydrogen (secondary N) is 3. The minimum Gasteiger partial charge on any atom is -0.383 e. The van der Waals surface area contributed by atoms with E-state index in [0.717, 1.165) is 16.8 Å². The lowest BCUT2D eigenvalue weighted by Gasteiger charge is -2.13. The maximum atomic E-state index is 11.5. The summed E-state index contributed by atoms with van der Waals surface area (Å²) in [6.45, 7) is 5.15. The van der Waals surface area contributed by atoms with Crippen molar-refractivity contribution >= 4 is 28.9 Å². The summed E-state index contributed by atoms with van der Waals surface area (Å²) < 4.78 is 4.85. The Morgan fingerprint density at radius 1 is 1.30 bits per heavy atom. The minimum absolute atomic E-state index is 0.118. The Morgan fingerprint density at radius 3 is 2.75 bits per heavy atom. The molecule has 0 spiro atoms. The summed E-state index contributed by atoms with van der Waals surface area (Å²) in [5, 5.41) is 9.10. The van der Waals surface area contributed by atoms with Gasteiger partial charge in [-0.05, 0) is 43.3 Å². The van der Waals surface area contributed by atoms with E-state index >= 15 is 0 Å². The standard InChI is InChI=1S/C14H21N3O2S/c1-10-4-5-11(2)12(8-10)17-14(20)16-9-13(18)15-6-7-19-3/h4-5,8H,6-7,9H2,1-3H3,(H,15,18)(H2,16,17,20). The minimum atomic E-state index is -0.118. The summed E-state index contributed by atoms with van der Waals surface area (Å²) in [5.41, 5.74) is 3.20. The fraction of sp³-hybridized carbons (Fsp3) is 0.429. The van der Waals surface area contributed by atoms with Crippen LogP contribution in [0.4, 0.5) is 5.69 Å². The number of anilines is 1. The largest absolute Gasteiger partial charge is 0.383 e. The zero-order valence-corrected chi connectivity index (χ0v) is 12.9. The SMILES string of the molecule is COCCNC(=O)CNC(=S)Nc1cc(C)ccc1C. The molecular formula is C14H21N3O2S. The van der Waals surface area contributed by atoms with Crippen molar-refractivity contribution in [2.75, 3.05) is 32.1 Å². The van der Waals surface area contributed by atoms with E-state index in [4.69, 9.17) is 17.0 Å². The van der Waals surface area contributed by atoms with Gasteiger partial charge in [-0.25, -0.2) is 0 Å². The molecule has 3 N–H and O–H groups in total. The topological polar surface area (TPSA) is 62.4 Å². The predicted octanol–water partition coefficient (Wildman–Crippen LogP) is 1.35. The van der Waals surface area contributed by atoms with Crippen molar-refractivity contribution in [3.8, 4) is 0 Å². The highest BCUT2D eigenvalue weighted by molar-refractivity contribution is 7.80. The first-order chi connectivity index (χ1) is 9.52. The van der Waals surface area contributed by atoms with Crippen LogP contribution in [-0.4, -0.2) is 37.8 Å². The van der Waals surface area contributed by atoms with Gasteiger partial charge >= 0.3 is 0 Å². The molecule has 1 aromatic carbocycles. The number of thiocarbonyl (C=S) groups is 1. The van der Waals surface area contributed by atoms with E-state index in [1.165, 1.54) is 0 Å². The van der Waals surface area contributed by atoms with Crippen LogP contribution in [-0.2, 0) is 9.53 Å². The molecule has 0 saturated carbocycles. The molecule has 0 fully saturated rings. The lowest BCUT2D eigenvalue weighted by Crippen LogP contribution is -2.39. The molecule has 5 nitrogen and oxygen atoms in total. The van der Waals surface area contributed by atoms with Crippen molar-refractivity contribution < 1.29 is 9.53 Å². The Labute approximate surface area is 125 Å². The van der Waals surface area contributed by atoms with Gasteiger partial charge in [0.15, 0.2) is 5.11 Å². The molecule has 0 aliphatic carbocycles. The number of hydrogen-bond donors (Lipinski definition) is 3. The fourth-order valence-corrected chi connectivity index (χ4v) is 1.73. The Bertz CT molecular complexity index is 477. The predicted molar refractivity (Wildman–Crippen MR) is 85.0 cm³/mol. The van der Waals surface area contributed by atoms with Crippen molar-refractivity contribution in [3.05, 3.63) is 29.3 Å². The molecule has 0 saturated heterocycles. The van der Waals surface area contributed by atoms with Gasteiger partial charge in [0.2, 0.25) is 5.91 Å². The first-order valence-electron chi connectivity index (χ1n) is 6.40. The maximum Gasteiger partial charge on any atom is 0.239 e. The van der Waals surface area contributed by atoms with Crippen LogP contribution < -0.4 is 16.0 Å². The van der Waals surface area contributed by atoms with Gasteiger partial charge in [-0.15, -0.1) is 0 Å². The quantitative estimate of drug-likeness (QED) is 0.546. The van der Waals surface area contributed by atoms with Crippen molar-refractivity contribution in [2.24, 2.45) is 0 Å². The molecule has 0 atom stereocenters. The number of benzene rings is 1. The molecular weight excluding hydrogens is 274 g/mol. The smallest absolute Gasteiger partial charge is 0.239 e. The normalized spacial score (nSPS) is 9.95. The van der Waals surface area contributed by atoms with E-state index in [1.54, 1.807) is 7.11 Å². The van der Waals surface area contributed by atoms with Gasteiger partial charge in [0, 0.05) is 19.3 Å². The van der Waals surface area contributed by atoms with Crippen LogP contribution in [0.25, 0.3) is 0 Å². The van der Waals surface area contributed by atoms with Crippen molar-refractivity contribution in [1.29, 1.82) is 0 Å². The van der Waals surface area contributed by atoms with Crippen LogP contribution in [0.1, 0.15) is 11.1 Å². The van der Waals surface area contributed by atoms with E-state index in [2.05, 4.69) is 16.0 Å². The van der Waals surface area contributed by atoms with E-state index in [0.29, 0.717) is 18.3 Å². The Morgan fingerprint density at radius 2 is 2.05 bits per heavy atom. The molecule has 1 amide bonds. The molecule has 0 heterocycles. The molecule has 1 rings (SSSR count). The number of rotatable bonds is 6. The first kappa shape index (κ1) is 16.4. The van der Waals surface area contributed by atoms with Crippen LogP contribution >= 0.6 is 12.2 Å². The Balaban J connectivity index is 2.36. The number of ether oxygens (including phenoxy) is 1. The lowest BCUT2D eigenvalue weighted by atomic mass is 10.1. The van der Waals surface area contributed by atoms with Crippen LogP contribution in [0.5, 0.6) is 0 Å². The van der Waals surface area contributed by atoms with Crippen LogP contribution in [0.3, 0.4) is 0 Å². The highest BCUT2D eigenvalue weighted by atomic mass is 32.1. The molecule has 6 heteroatoms. The van der Waals surface area contributed by atoms with Crippen LogP contribution in [0.15, 0.2) is 18.2 Å². The molecule has 0 aliphatic heterocycles. The summed E-state index contributed by atoms with van der Waals surface area (Å²) in [4.78, 5) is 11.5. The fourth-order valence-electron chi connectivity index (χ4n) is 1.55. The number of aryl methyl sites for hydroxylation is 2. The summed E-state index contributed by atoms with van der Waals surface area (Å²) in [7, 11) is 1.59. The number of methoxy groups -OCH3 is 1. The number of hydrogen-bond acceptors (Lipinski definition) is 3. The third-order valence-corrected chi connectivity index (χ3v) is 2.93. The van der Waals surface area contributed by atoms with Crippen molar-refractivity contribution in [2.45, 2.75) is 13.8 Å². The second kappa shape index (κ2) is 8.50. The van der Waals surface area contributed by atoms with Gasteiger partial charge in [-0.1, -0.05) is 12.1 Å². The van der Waals surface area contributed by atoms with E-state index in [9.17, 15) is 4.79 Å². The molecule has 0 bridgehead atoms. The summed E-state index contributed by atoms with van der Waals surface area (Å²) in [6.07, 6.45) is 0. The summed E-state index contributed by atoms with van der Waals surface area (Å²) in [5.74, 6) is -0.118. The van der Waals surface area contributed by atoms with Gasteiger partial charge in [-0.2, -0.15) is 0 Å². The monoisotopic (exact) mass is 295 g/mol. The second-order valence-corrected chi connectivity index (χ2v) is 4.88. The Hall–Kier alpha value is -1.66. The van der Waals surface area contributed by atoms with Gasteiger partial charge in [0.25, 0.3) is 0 Å². The van der Waals surface area contributed by atoms with Crippen LogP contribution in [0, 0.1) is 13.8 Å². The zero-order valence-electron chi connectivity index (χ0n) is 12.1. The van der Waals surface area contributed by atoms with Crippen molar-refractivity contribution in [1.82, 2.24) is 10.6 Å². The molecule has 0 aromatic heterocycles. The average molecular weight is 295 g/mol. The van der Waals surface area contributed by atoms with Crippen molar-refractivity contribution in [3.63, 3.8) is 0 Å². The Kier molecular flexibility index (Phi) is 6.97. The molecule has 0 radical (unpaired) electrons. The van der Waals surface area contributed by atoms with E-state index < -0.39 is 0 Å². The molecule has 0 unspecified atom stereocenters. The second-order valence-electron chi connectivity index (χ2n) is 4.47. The zero-order chi connectivity index (χ0) is 15.0. The first-order valence-corrected chi connectivity index (χ1v) is 6.81. The number of carbonyl (C=O) groups is 1. The van der Waals surface area contributed by atoms with Gasteiger partial charge in [-0.3, -0.25) is 4.79 Å². The maximum absolute atomic E-state index is 11.5. The highest BCUT2D eigenvalue weighted by Gasteiger charge is 2.04. The highest BCUT2D eigenvalue weighted by Crippen LogP contribution is 2.15. The molecule has 20 heavy (non-hydrogen) atoms. The number of carbonyl (C=O) groups excluding carboxylic acids is 1. The summed E-state index contributed by atoms with van der Waals surface area (Å²) in [6, 6.07) is 6.08. The lowest BCUT2D eigenvalue weighted by molar-refractivity contribution is -0.120. The average Bonchev–Trinajstić information content (AvgIpc) is 2.41. The van der Waals surface area contributed by atoms with Gasteiger partial charge in [0.05, 0.1) is 13.2 Å². The van der Waals surface area contributed by atoms with Crippen LogP contribution in [0.2, 0.25) is 0 Å². The van der Waals surface area contributed by atoms with E-state index in [-0.39, 0.29) is 12.5 Å². The van der Waals surface area contributed by atoms with Gasteiger partial charge < -0.3 is 20.7 Å². The molecule has 1 aromatic rings. The third kappa shape index (κ3) is 5.99. The molecule has 0 aliphatic rings. The summed E-state index contributed by atoms with van der Waals surface area (Å²) >= 11 is 5.17. The van der Waals surface area contributed by atoms with Gasteiger partial charge in [0.1, 0.15) is 0 Å². The number of amides is 1.